The number of hydrogen-bond acceptors (Lipinski definition) is 3. The zero-order valence-electron chi connectivity index (χ0n) is 16.1. The molecule has 27 heavy (non-hydrogen) atoms. The van der Waals surface area contributed by atoms with Crippen molar-refractivity contribution in [2.45, 2.75) is 39.0 Å². The summed E-state index contributed by atoms with van der Waals surface area (Å²) in [6, 6.07) is 8.08. The van der Waals surface area contributed by atoms with Crippen LogP contribution in [0.15, 0.2) is 24.3 Å². The number of carbonyl (C=O) groups excluding carboxylic acids is 2. The fourth-order valence-electron chi connectivity index (χ4n) is 4.35. The Labute approximate surface area is 159 Å². The molecule has 1 N–H and O–H groups in total. The number of aromatic nitrogens is 2. The molecule has 0 unspecified atom stereocenters. The molecule has 0 aliphatic carbocycles. The average Bonchev–Trinajstić information content (AvgIpc) is 3.25. The molecule has 1 aromatic carbocycles. The number of imidazole rings is 1. The fraction of sp³-hybridized carbons (Fsp3) is 0.571. The average molecular weight is 368 g/mol. The van der Waals surface area contributed by atoms with Gasteiger partial charge >= 0.3 is 0 Å². The molecule has 4 rings (SSSR count). The highest BCUT2D eigenvalue weighted by Gasteiger charge is 2.37. The Hall–Kier alpha value is -2.37. The number of aromatic amines is 1. The van der Waals surface area contributed by atoms with Gasteiger partial charge < -0.3 is 14.8 Å². The van der Waals surface area contributed by atoms with Crippen LogP contribution in [-0.2, 0) is 9.59 Å². The summed E-state index contributed by atoms with van der Waals surface area (Å²) in [5, 5.41) is 0. The van der Waals surface area contributed by atoms with Crippen LogP contribution in [0.25, 0.3) is 11.0 Å². The topological polar surface area (TPSA) is 69.3 Å². The first-order valence-corrected chi connectivity index (χ1v) is 10.0. The third-order valence-corrected chi connectivity index (χ3v) is 5.75. The first kappa shape index (κ1) is 18.0. The second kappa shape index (κ2) is 7.33. The predicted octanol–water partition coefficient (Wildman–Crippen LogP) is 2.77. The molecular formula is C21H28N4O2. The smallest absolute Gasteiger partial charge is 0.227 e. The molecule has 1 atom stereocenters. The van der Waals surface area contributed by atoms with Crippen molar-refractivity contribution >= 4 is 22.8 Å². The number of para-hydroxylation sites is 2. The number of H-pyrrole nitrogens is 1. The number of amides is 2. The summed E-state index contributed by atoms with van der Waals surface area (Å²) >= 11 is 0. The van der Waals surface area contributed by atoms with Gasteiger partial charge in [-0.25, -0.2) is 4.98 Å². The summed E-state index contributed by atoms with van der Waals surface area (Å²) in [5.41, 5.74) is 2.07. The summed E-state index contributed by atoms with van der Waals surface area (Å²) in [6.07, 6.45) is 2.21. The minimum Gasteiger partial charge on any atom is -0.342 e. The van der Waals surface area contributed by atoms with Crippen LogP contribution in [0, 0.1) is 11.8 Å². The maximum Gasteiger partial charge on any atom is 0.227 e. The Bertz CT molecular complexity index is 803. The second-order valence-electron chi connectivity index (χ2n) is 8.33. The summed E-state index contributed by atoms with van der Waals surface area (Å²) in [4.78, 5) is 37.0. The van der Waals surface area contributed by atoms with Crippen LogP contribution in [0.3, 0.4) is 0 Å². The van der Waals surface area contributed by atoms with Gasteiger partial charge in [0.2, 0.25) is 11.8 Å². The van der Waals surface area contributed by atoms with Crippen molar-refractivity contribution in [1.29, 1.82) is 0 Å². The number of carbonyl (C=O) groups is 2. The second-order valence-corrected chi connectivity index (χ2v) is 8.33. The van der Waals surface area contributed by atoms with Crippen LogP contribution >= 0.6 is 0 Å². The summed E-state index contributed by atoms with van der Waals surface area (Å²) < 4.78 is 0. The summed E-state index contributed by atoms with van der Waals surface area (Å²) in [7, 11) is 0. The van der Waals surface area contributed by atoms with Crippen molar-refractivity contribution < 1.29 is 9.59 Å². The van der Waals surface area contributed by atoms with Crippen molar-refractivity contribution in [3.05, 3.63) is 30.1 Å². The third kappa shape index (κ3) is 3.70. The van der Waals surface area contributed by atoms with Gasteiger partial charge in [-0.15, -0.1) is 0 Å². The lowest BCUT2D eigenvalue weighted by molar-refractivity contribution is -0.136. The van der Waals surface area contributed by atoms with Crippen molar-refractivity contribution in [1.82, 2.24) is 19.8 Å². The van der Waals surface area contributed by atoms with Gasteiger partial charge in [0.05, 0.1) is 17.0 Å². The van der Waals surface area contributed by atoms with Gasteiger partial charge in [0.25, 0.3) is 0 Å². The van der Waals surface area contributed by atoms with E-state index in [1.54, 1.807) is 0 Å². The molecule has 0 bridgehead atoms. The van der Waals surface area contributed by atoms with Crippen LogP contribution in [0.5, 0.6) is 0 Å². The zero-order valence-corrected chi connectivity index (χ0v) is 16.1. The molecule has 2 saturated heterocycles. The van der Waals surface area contributed by atoms with Gasteiger partial charge in [-0.3, -0.25) is 9.59 Å². The monoisotopic (exact) mass is 368 g/mol. The lowest BCUT2D eigenvalue weighted by Crippen LogP contribution is -2.42. The molecular weight excluding hydrogens is 340 g/mol. The van der Waals surface area contributed by atoms with Crippen LogP contribution in [0.2, 0.25) is 0 Å². The molecule has 0 radical (unpaired) electrons. The maximum atomic E-state index is 12.9. The molecule has 2 aliphatic rings. The Morgan fingerprint density at radius 1 is 1.26 bits per heavy atom. The van der Waals surface area contributed by atoms with Crippen LogP contribution in [-0.4, -0.2) is 57.8 Å². The third-order valence-electron chi connectivity index (χ3n) is 5.75. The zero-order chi connectivity index (χ0) is 19.0. The first-order valence-electron chi connectivity index (χ1n) is 10.0. The number of hydrogen-bond donors (Lipinski definition) is 1. The Morgan fingerprint density at radius 2 is 2.00 bits per heavy atom. The number of nitrogens with one attached hydrogen (secondary N) is 1. The van der Waals surface area contributed by atoms with Gasteiger partial charge in [-0.05, 0) is 30.9 Å². The summed E-state index contributed by atoms with van der Waals surface area (Å²) in [5.74, 6) is 1.93. The van der Waals surface area contributed by atoms with Gasteiger partial charge in [0.15, 0.2) is 0 Å². The van der Waals surface area contributed by atoms with E-state index in [2.05, 4.69) is 18.8 Å². The molecule has 2 fully saturated rings. The van der Waals surface area contributed by atoms with E-state index in [0.29, 0.717) is 24.8 Å². The molecule has 2 aliphatic heterocycles. The van der Waals surface area contributed by atoms with Crippen molar-refractivity contribution in [2.24, 2.45) is 11.8 Å². The molecule has 144 valence electrons. The first-order chi connectivity index (χ1) is 13.0. The highest BCUT2D eigenvalue weighted by Crippen LogP contribution is 2.29. The fourth-order valence-corrected chi connectivity index (χ4v) is 4.35. The standard InChI is InChI=1S/C21H28N4O2/c1-14(2)12-25-13-16(11-19(25)26)21(27)24-9-7-15(8-10-24)20-22-17-5-3-4-6-18(17)23-20/h3-6,14-16H,7-13H2,1-2H3,(H,22,23)/t16-/m0/s1. The molecule has 2 aromatic rings. The minimum absolute atomic E-state index is 0.124. The molecule has 6 nitrogen and oxygen atoms in total. The van der Waals surface area contributed by atoms with Crippen molar-refractivity contribution in [2.75, 3.05) is 26.2 Å². The molecule has 0 spiro atoms. The van der Waals surface area contributed by atoms with E-state index in [1.165, 1.54) is 0 Å². The Morgan fingerprint density at radius 3 is 2.70 bits per heavy atom. The largest absolute Gasteiger partial charge is 0.342 e. The van der Waals surface area contributed by atoms with E-state index in [4.69, 9.17) is 4.98 Å². The van der Waals surface area contributed by atoms with E-state index in [1.807, 2.05) is 34.1 Å². The predicted molar refractivity (Wildman–Crippen MR) is 104 cm³/mol. The number of rotatable bonds is 4. The molecule has 1 aromatic heterocycles. The molecule has 0 saturated carbocycles. The van der Waals surface area contributed by atoms with Crippen molar-refractivity contribution in [3.63, 3.8) is 0 Å². The number of fused-ring (bicyclic) bond motifs is 1. The van der Waals surface area contributed by atoms with Gasteiger partial charge in [-0.2, -0.15) is 0 Å². The van der Waals surface area contributed by atoms with E-state index < -0.39 is 0 Å². The highest BCUT2D eigenvalue weighted by atomic mass is 16.2. The lowest BCUT2D eigenvalue weighted by atomic mass is 9.95. The van der Waals surface area contributed by atoms with E-state index in [-0.39, 0.29) is 17.7 Å². The lowest BCUT2D eigenvalue weighted by Gasteiger charge is -2.32. The highest BCUT2D eigenvalue weighted by molar-refractivity contribution is 5.89. The Kier molecular flexibility index (Phi) is 4.89. The van der Waals surface area contributed by atoms with Gasteiger partial charge in [-0.1, -0.05) is 26.0 Å². The normalized spacial score (nSPS) is 21.6. The number of benzene rings is 1. The maximum absolute atomic E-state index is 12.9. The minimum atomic E-state index is -0.168. The van der Waals surface area contributed by atoms with E-state index in [0.717, 1.165) is 49.3 Å². The molecule has 2 amide bonds. The Balaban J connectivity index is 1.35. The van der Waals surface area contributed by atoms with Crippen LogP contribution in [0.4, 0.5) is 0 Å². The molecule has 3 heterocycles. The number of likely N-dealkylation sites (tertiary alicyclic amines) is 2. The number of piperidine rings is 1. The molecule has 6 heteroatoms. The SMILES string of the molecule is CC(C)CN1C[C@@H](C(=O)N2CCC(c3nc4ccccc4[nH]3)CC2)CC1=O. The van der Waals surface area contributed by atoms with E-state index >= 15 is 0 Å². The van der Waals surface area contributed by atoms with Crippen LogP contribution < -0.4 is 0 Å². The van der Waals surface area contributed by atoms with E-state index in [9.17, 15) is 9.59 Å². The van der Waals surface area contributed by atoms with Gasteiger partial charge in [0.1, 0.15) is 5.82 Å². The van der Waals surface area contributed by atoms with Gasteiger partial charge in [0, 0.05) is 38.5 Å². The van der Waals surface area contributed by atoms with Crippen LogP contribution in [0.1, 0.15) is 44.9 Å². The number of nitrogens with zero attached hydrogens (tertiary/aromatic N) is 3. The summed E-state index contributed by atoms with van der Waals surface area (Å²) in [6.45, 7) is 7.03. The van der Waals surface area contributed by atoms with Crippen molar-refractivity contribution in [3.8, 4) is 0 Å². The quantitative estimate of drug-likeness (QED) is 0.902.